The predicted octanol–water partition coefficient (Wildman–Crippen LogP) is 2.87. The van der Waals surface area contributed by atoms with Gasteiger partial charge >= 0.3 is 0 Å². The molecule has 0 spiro atoms. The topological polar surface area (TPSA) is 61.2 Å². The molecule has 1 aliphatic heterocycles. The molecule has 3 rings (SSSR count). The van der Waals surface area contributed by atoms with Crippen molar-refractivity contribution in [1.29, 1.82) is 0 Å². The third-order valence-corrected chi connectivity index (χ3v) is 5.41. The quantitative estimate of drug-likeness (QED) is 0.822. The number of aromatic amines is 1. The Morgan fingerprint density at radius 2 is 1.75 bits per heavy atom. The van der Waals surface area contributed by atoms with E-state index in [1.165, 1.54) is 0 Å². The van der Waals surface area contributed by atoms with E-state index < -0.39 is 0 Å². The number of imidazole rings is 1. The number of nitrogens with two attached hydrogens (primary N) is 1. The number of hydrogen-bond donors (Lipinski definition) is 2. The zero-order valence-electron chi connectivity index (χ0n) is 14.4. The molecule has 1 aromatic carbocycles. The standard InChI is InChI=1S/C18H26BrN5/c1-13(2)23-8-10-24(11-9-23)15(12-20)16-17(19)22-18(21-16)14-6-4-3-5-7-14/h3-7,13,15H,8-12,20H2,1-2H3,(H,21,22). The van der Waals surface area contributed by atoms with E-state index >= 15 is 0 Å². The molecule has 0 bridgehead atoms. The molecule has 3 N–H and O–H groups in total. The van der Waals surface area contributed by atoms with Crippen LogP contribution in [0.4, 0.5) is 0 Å². The zero-order valence-corrected chi connectivity index (χ0v) is 16.0. The van der Waals surface area contributed by atoms with Crippen LogP contribution in [0.25, 0.3) is 11.4 Å². The first-order chi connectivity index (χ1) is 11.6. The molecule has 1 atom stereocenters. The lowest BCUT2D eigenvalue weighted by atomic mass is 10.1. The largest absolute Gasteiger partial charge is 0.340 e. The van der Waals surface area contributed by atoms with Gasteiger partial charge in [0.05, 0.1) is 11.7 Å². The second-order valence-electron chi connectivity index (χ2n) is 6.57. The lowest BCUT2D eigenvalue weighted by molar-refractivity contribution is 0.0788. The third kappa shape index (κ3) is 3.72. The number of hydrogen-bond acceptors (Lipinski definition) is 4. The van der Waals surface area contributed by atoms with Gasteiger partial charge in [0.2, 0.25) is 0 Å². The Morgan fingerprint density at radius 1 is 1.12 bits per heavy atom. The van der Waals surface area contributed by atoms with Crippen molar-refractivity contribution in [3.8, 4) is 11.4 Å². The molecule has 1 saturated heterocycles. The Kier molecular flexibility index (Phi) is 5.71. The molecule has 0 amide bonds. The highest BCUT2D eigenvalue weighted by Crippen LogP contribution is 2.29. The summed E-state index contributed by atoms with van der Waals surface area (Å²) in [5.74, 6) is 0.886. The van der Waals surface area contributed by atoms with Crippen LogP contribution >= 0.6 is 15.9 Å². The van der Waals surface area contributed by atoms with Gasteiger partial charge in [-0.1, -0.05) is 30.3 Å². The van der Waals surface area contributed by atoms with E-state index in [0.29, 0.717) is 12.6 Å². The SMILES string of the molecule is CC(C)N1CCN(C(CN)c2[nH]c(-c3ccccc3)nc2Br)CC1. The molecule has 2 heterocycles. The molecular weight excluding hydrogens is 366 g/mol. The number of halogens is 1. The van der Waals surface area contributed by atoms with Gasteiger partial charge in [-0.3, -0.25) is 9.80 Å². The molecule has 6 heteroatoms. The normalized spacial score (nSPS) is 18.2. The van der Waals surface area contributed by atoms with E-state index in [9.17, 15) is 0 Å². The van der Waals surface area contributed by atoms with Gasteiger partial charge < -0.3 is 10.7 Å². The average molecular weight is 392 g/mol. The fraction of sp³-hybridized carbons (Fsp3) is 0.500. The minimum absolute atomic E-state index is 0.165. The molecule has 130 valence electrons. The maximum Gasteiger partial charge on any atom is 0.138 e. The number of benzene rings is 1. The molecule has 5 nitrogen and oxygen atoms in total. The van der Waals surface area contributed by atoms with Crippen LogP contribution in [0.1, 0.15) is 25.6 Å². The minimum Gasteiger partial charge on any atom is -0.340 e. The smallest absolute Gasteiger partial charge is 0.138 e. The second kappa shape index (κ2) is 7.78. The molecule has 1 aliphatic rings. The van der Waals surface area contributed by atoms with Crippen molar-refractivity contribution < 1.29 is 0 Å². The van der Waals surface area contributed by atoms with Gasteiger partial charge in [0.1, 0.15) is 10.4 Å². The van der Waals surface area contributed by atoms with Crippen LogP contribution < -0.4 is 5.73 Å². The summed E-state index contributed by atoms with van der Waals surface area (Å²) in [6.45, 7) is 9.34. The monoisotopic (exact) mass is 391 g/mol. The Balaban J connectivity index is 1.78. The zero-order chi connectivity index (χ0) is 17.1. The molecule has 1 aromatic heterocycles. The summed E-state index contributed by atoms with van der Waals surface area (Å²) in [5, 5.41) is 0. The Hall–Kier alpha value is -1.21. The van der Waals surface area contributed by atoms with Crippen molar-refractivity contribution in [3.63, 3.8) is 0 Å². The van der Waals surface area contributed by atoms with Crippen molar-refractivity contribution in [2.24, 2.45) is 5.73 Å². The van der Waals surface area contributed by atoms with Crippen molar-refractivity contribution in [2.45, 2.75) is 25.9 Å². The first-order valence-electron chi connectivity index (χ1n) is 8.59. The number of piperazine rings is 1. The van der Waals surface area contributed by atoms with Crippen LogP contribution in [-0.4, -0.2) is 58.5 Å². The summed E-state index contributed by atoms with van der Waals surface area (Å²) in [4.78, 5) is 13.1. The highest BCUT2D eigenvalue weighted by Gasteiger charge is 2.28. The minimum atomic E-state index is 0.165. The lowest BCUT2D eigenvalue weighted by Crippen LogP contribution is -2.51. The van der Waals surface area contributed by atoms with E-state index in [2.05, 4.69) is 61.7 Å². The Morgan fingerprint density at radius 3 is 2.33 bits per heavy atom. The summed E-state index contributed by atoms with van der Waals surface area (Å²) in [6.07, 6.45) is 0. The van der Waals surface area contributed by atoms with E-state index in [4.69, 9.17) is 5.73 Å². The van der Waals surface area contributed by atoms with Gasteiger partial charge in [-0.2, -0.15) is 0 Å². The number of nitrogens with one attached hydrogen (secondary N) is 1. The van der Waals surface area contributed by atoms with Gasteiger partial charge in [0, 0.05) is 44.3 Å². The summed E-state index contributed by atoms with van der Waals surface area (Å²) < 4.78 is 0.864. The molecule has 0 aliphatic carbocycles. The van der Waals surface area contributed by atoms with Crippen LogP contribution in [0.2, 0.25) is 0 Å². The average Bonchev–Trinajstić information content (AvgIpc) is 2.99. The molecule has 0 saturated carbocycles. The van der Waals surface area contributed by atoms with Crippen LogP contribution in [0, 0.1) is 0 Å². The molecular formula is C18H26BrN5. The van der Waals surface area contributed by atoms with Crippen molar-refractivity contribution in [2.75, 3.05) is 32.7 Å². The Labute approximate surface area is 152 Å². The number of nitrogens with zero attached hydrogens (tertiary/aromatic N) is 3. The maximum atomic E-state index is 6.12. The van der Waals surface area contributed by atoms with Crippen molar-refractivity contribution in [1.82, 2.24) is 19.8 Å². The predicted molar refractivity (Wildman–Crippen MR) is 102 cm³/mol. The second-order valence-corrected chi connectivity index (χ2v) is 7.32. The third-order valence-electron chi connectivity index (χ3n) is 4.81. The number of aromatic nitrogens is 2. The van der Waals surface area contributed by atoms with Gasteiger partial charge in [0.25, 0.3) is 0 Å². The highest BCUT2D eigenvalue weighted by molar-refractivity contribution is 9.10. The fourth-order valence-corrected chi connectivity index (χ4v) is 3.87. The van der Waals surface area contributed by atoms with Gasteiger partial charge in [-0.05, 0) is 29.8 Å². The highest BCUT2D eigenvalue weighted by atomic mass is 79.9. The summed E-state index contributed by atoms with van der Waals surface area (Å²) in [5.41, 5.74) is 8.29. The van der Waals surface area contributed by atoms with Gasteiger partial charge in [-0.15, -0.1) is 0 Å². The Bertz CT molecular complexity index is 647. The number of H-pyrrole nitrogens is 1. The molecule has 1 unspecified atom stereocenters. The fourth-order valence-electron chi connectivity index (χ4n) is 3.33. The lowest BCUT2D eigenvalue weighted by Gasteiger charge is -2.40. The molecule has 24 heavy (non-hydrogen) atoms. The van der Waals surface area contributed by atoms with Crippen LogP contribution in [-0.2, 0) is 0 Å². The van der Waals surface area contributed by atoms with E-state index in [-0.39, 0.29) is 6.04 Å². The maximum absolute atomic E-state index is 6.12. The van der Waals surface area contributed by atoms with Crippen molar-refractivity contribution in [3.05, 3.63) is 40.6 Å². The molecule has 2 aromatic rings. The summed E-state index contributed by atoms with van der Waals surface area (Å²) in [6, 6.07) is 11.0. The van der Waals surface area contributed by atoms with Crippen molar-refractivity contribution >= 4 is 15.9 Å². The van der Waals surface area contributed by atoms with Gasteiger partial charge in [-0.25, -0.2) is 4.98 Å². The first kappa shape index (κ1) is 17.6. The van der Waals surface area contributed by atoms with E-state index in [1.807, 2.05) is 18.2 Å². The van der Waals surface area contributed by atoms with Crippen LogP contribution in [0.15, 0.2) is 34.9 Å². The number of rotatable bonds is 5. The van der Waals surface area contributed by atoms with E-state index in [0.717, 1.165) is 47.9 Å². The summed E-state index contributed by atoms with van der Waals surface area (Å²) >= 11 is 3.62. The molecule has 0 radical (unpaired) electrons. The first-order valence-corrected chi connectivity index (χ1v) is 9.38. The molecule has 1 fully saturated rings. The summed E-state index contributed by atoms with van der Waals surface area (Å²) in [7, 11) is 0. The van der Waals surface area contributed by atoms with Gasteiger partial charge in [0.15, 0.2) is 0 Å². The van der Waals surface area contributed by atoms with Crippen LogP contribution in [0.3, 0.4) is 0 Å². The van der Waals surface area contributed by atoms with E-state index in [1.54, 1.807) is 0 Å². The van der Waals surface area contributed by atoms with Crippen LogP contribution in [0.5, 0.6) is 0 Å².